The summed E-state index contributed by atoms with van der Waals surface area (Å²) < 4.78 is 23.7. The van der Waals surface area contributed by atoms with Crippen molar-refractivity contribution in [1.29, 1.82) is 0 Å². The lowest BCUT2D eigenvalue weighted by atomic mass is 10.1. The number of hydrogen-bond donors (Lipinski definition) is 1. The average molecular weight is 228 g/mol. The summed E-state index contributed by atoms with van der Waals surface area (Å²) in [6, 6.07) is 4.73. The second-order valence-electron chi connectivity index (χ2n) is 3.36. The van der Waals surface area contributed by atoms with E-state index in [0.717, 1.165) is 0 Å². The first kappa shape index (κ1) is 12.9. The molecule has 0 amide bonds. The molecule has 0 fully saturated rings. The van der Waals surface area contributed by atoms with E-state index >= 15 is 0 Å². The minimum Gasteiger partial charge on any atom is -0.494 e. The summed E-state index contributed by atoms with van der Waals surface area (Å²) in [7, 11) is 1.40. The Morgan fingerprint density at radius 1 is 1.44 bits per heavy atom. The molecule has 1 N–H and O–H groups in total. The molecule has 16 heavy (non-hydrogen) atoms. The summed E-state index contributed by atoms with van der Waals surface area (Å²) in [6.45, 7) is 2.88. The van der Waals surface area contributed by atoms with Crippen LogP contribution in [0.2, 0.25) is 0 Å². The lowest BCUT2D eigenvalue weighted by Gasteiger charge is -2.13. The van der Waals surface area contributed by atoms with Gasteiger partial charge >= 0.3 is 0 Å². The van der Waals surface area contributed by atoms with Crippen molar-refractivity contribution in [2.45, 2.75) is 19.4 Å². The van der Waals surface area contributed by atoms with Crippen LogP contribution in [0, 0.1) is 5.82 Å². The van der Waals surface area contributed by atoms with Crippen molar-refractivity contribution in [3.63, 3.8) is 0 Å². The highest BCUT2D eigenvalue weighted by Gasteiger charge is 2.15. The molecule has 3 nitrogen and oxygen atoms in total. The zero-order chi connectivity index (χ0) is 12.0. The third-order valence-electron chi connectivity index (χ3n) is 2.31. The summed E-state index contributed by atoms with van der Waals surface area (Å²) in [4.78, 5) is 0. The van der Waals surface area contributed by atoms with Gasteiger partial charge in [-0.1, -0.05) is 12.1 Å². The standard InChI is InChI=1S/C12H17FO3/c1-3-16-8-7-10(14)9-5-4-6-11(15-2)12(9)13/h4-6,10,14H,3,7-8H2,1-2H3. The molecule has 4 heteroatoms. The maximum Gasteiger partial charge on any atom is 0.170 e. The number of aliphatic hydroxyl groups excluding tert-OH is 1. The molecule has 90 valence electrons. The number of aliphatic hydroxyl groups is 1. The molecule has 1 unspecified atom stereocenters. The van der Waals surface area contributed by atoms with Gasteiger partial charge < -0.3 is 14.6 Å². The molecule has 0 aliphatic rings. The van der Waals surface area contributed by atoms with Gasteiger partial charge in [0.2, 0.25) is 0 Å². The van der Waals surface area contributed by atoms with Crippen molar-refractivity contribution >= 4 is 0 Å². The third kappa shape index (κ3) is 3.18. The predicted molar refractivity (Wildman–Crippen MR) is 59.0 cm³/mol. The highest BCUT2D eigenvalue weighted by Crippen LogP contribution is 2.26. The molecule has 1 rings (SSSR count). The third-order valence-corrected chi connectivity index (χ3v) is 2.31. The molecule has 0 bridgehead atoms. The van der Waals surface area contributed by atoms with Crippen LogP contribution >= 0.6 is 0 Å². The summed E-state index contributed by atoms with van der Waals surface area (Å²) in [5, 5.41) is 9.77. The van der Waals surface area contributed by atoms with Crippen molar-refractivity contribution in [2.75, 3.05) is 20.3 Å². The van der Waals surface area contributed by atoms with Gasteiger partial charge in [0.05, 0.1) is 13.2 Å². The second kappa shape index (κ2) is 6.45. The van der Waals surface area contributed by atoms with E-state index in [9.17, 15) is 9.50 Å². The van der Waals surface area contributed by atoms with Gasteiger partial charge in [-0.25, -0.2) is 4.39 Å². The fourth-order valence-corrected chi connectivity index (χ4v) is 1.44. The number of ether oxygens (including phenoxy) is 2. The van der Waals surface area contributed by atoms with Crippen LogP contribution in [0.3, 0.4) is 0 Å². The van der Waals surface area contributed by atoms with Crippen molar-refractivity contribution in [2.24, 2.45) is 0 Å². The molecule has 0 heterocycles. The van der Waals surface area contributed by atoms with Crippen LogP contribution < -0.4 is 4.74 Å². The number of methoxy groups -OCH3 is 1. The maximum atomic E-state index is 13.7. The molecule has 0 radical (unpaired) electrons. The lowest BCUT2D eigenvalue weighted by Crippen LogP contribution is -2.06. The van der Waals surface area contributed by atoms with E-state index in [-0.39, 0.29) is 11.3 Å². The first-order valence-corrected chi connectivity index (χ1v) is 5.28. The minimum absolute atomic E-state index is 0.146. The van der Waals surface area contributed by atoms with Crippen LogP contribution in [0.15, 0.2) is 18.2 Å². The molecular weight excluding hydrogens is 211 g/mol. The van der Waals surface area contributed by atoms with Gasteiger partial charge in [-0.05, 0) is 13.0 Å². The van der Waals surface area contributed by atoms with Crippen molar-refractivity contribution < 1.29 is 19.0 Å². The van der Waals surface area contributed by atoms with E-state index in [4.69, 9.17) is 9.47 Å². The lowest BCUT2D eigenvalue weighted by molar-refractivity contribution is 0.0866. The number of benzene rings is 1. The predicted octanol–water partition coefficient (Wildman–Crippen LogP) is 2.29. The van der Waals surface area contributed by atoms with Gasteiger partial charge in [-0.2, -0.15) is 0 Å². The summed E-state index contributed by atoms with van der Waals surface area (Å²) >= 11 is 0. The van der Waals surface area contributed by atoms with Crippen LogP contribution in [-0.4, -0.2) is 25.4 Å². The van der Waals surface area contributed by atoms with Crippen molar-refractivity contribution in [3.8, 4) is 5.75 Å². The molecular formula is C12H17FO3. The summed E-state index contributed by atoms with van der Waals surface area (Å²) in [6.07, 6.45) is -0.487. The summed E-state index contributed by atoms with van der Waals surface area (Å²) in [5.41, 5.74) is 0.249. The largest absolute Gasteiger partial charge is 0.494 e. The number of halogens is 1. The van der Waals surface area contributed by atoms with E-state index in [2.05, 4.69) is 0 Å². The SMILES string of the molecule is CCOCCC(O)c1cccc(OC)c1F. The Bertz CT molecular complexity index is 328. The van der Waals surface area contributed by atoms with Crippen LogP contribution in [0.5, 0.6) is 5.75 Å². The highest BCUT2D eigenvalue weighted by atomic mass is 19.1. The molecule has 0 aromatic heterocycles. The zero-order valence-electron chi connectivity index (χ0n) is 9.57. The number of hydrogen-bond acceptors (Lipinski definition) is 3. The zero-order valence-corrected chi connectivity index (χ0v) is 9.57. The van der Waals surface area contributed by atoms with E-state index in [0.29, 0.717) is 19.6 Å². The normalized spacial score (nSPS) is 12.5. The van der Waals surface area contributed by atoms with Gasteiger partial charge in [0.1, 0.15) is 0 Å². The van der Waals surface area contributed by atoms with E-state index in [1.807, 2.05) is 6.92 Å². The van der Waals surface area contributed by atoms with Crippen LogP contribution in [-0.2, 0) is 4.74 Å². The molecule has 0 aliphatic heterocycles. The molecule has 0 saturated carbocycles. The minimum atomic E-state index is -0.860. The Morgan fingerprint density at radius 2 is 2.19 bits per heavy atom. The van der Waals surface area contributed by atoms with Gasteiger partial charge in [0.15, 0.2) is 11.6 Å². The van der Waals surface area contributed by atoms with Crippen molar-refractivity contribution in [3.05, 3.63) is 29.6 Å². The van der Waals surface area contributed by atoms with Gasteiger partial charge in [-0.3, -0.25) is 0 Å². The fraction of sp³-hybridized carbons (Fsp3) is 0.500. The second-order valence-corrected chi connectivity index (χ2v) is 3.36. The van der Waals surface area contributed by atoms with E-state index in [1.54, 1.807) is 12.1 Å². The monoisotopic (exact) mass is 228 g/mol. The first-order chi connectivity index (χ1) is 7.70. The molecule has 1 atom stereocenters. The molecule has 0 spiro atoms. The van der Waals surface area contributed by atoms with Gasteiger partial charge in [0, 0.05) is 25.2 Å². The van der Waals surface area contributed by atoms with Gasteiger partial charge in [-0.15, -0.1) is 0 Å². The Balaban J connectivity index is 2.71. The summed E-state index contributed by atoms with van der Waals surface area (Å²) in [5.74, 6) is -0.359. The van der Waals surface area contributed by atoms with Crippen molar-refractivity contribution in [1.82, 2.24) is 0 Å². The average Bonchev–Trinajstić information content (AvgIpc) is 2.29. The Hall–Kier alpha value is -1.13. The van der Waals surface area contributed by atoms with E-state index < -0.39 is 11.9 Å². The number of rotatable bonds is 6. The van der Waals surface area contributed by atoms with Crippen LogP contribution in [0.1, 0.15) is 25.0 Å². The Labute approximate surface area is 94.8 Å². The first-order valence-electron chi connectivity index (χ1n) is 5.28. The van der Waals surface area contributed by atoms with Crippen LogP contribution in [0.25, 0.3) is 0 Å². The Morgan fingerprint density at radius 3 is 2.81 bits per heavy atom. The molecule has 1 aromatic rings. The highest BCUT2D eigenvalue weighted by molar-refractivity contribution is 5.32. The molecule has 1 aromatic carbocycles. The van der Waals surface area contributed by atoms with E-state index in [1.165, 1.54) is 13.2 Å². The smallest absolute Gasteiger partial charge is 0.170 e. The maximum absolute atomic E-state index is 13.7. The Kier molecular flexibility index (Phi) is 5.22. The molecule has 0 aliphatic carbocycles. The van der Waals surface area contributed by atoms with Crippen LogP contribution in [0.4, 0.5) is 4.39 Å². The fourth-order valence-electron chi connectivity index (χ4n) is 1.44. The topological polar surface area (TPSA) is 38.7 Å². The van der Waals surface area contributed by atoms with Gasteiger partial charge in [0.25, 0.3) is 0 Å². The molecule has 0 saturated heterocycles. The quantitative estimate of drug-likeness (QED) is 0.759.